The Kier molecular flexibility index (Phi) is 25.2. The first-order chi connectivity index (χ1) is 26.7. The molecule has 16 heteroatoms. The zero-order valence-corrected chi connectivity index (χ0v) is 33.6. The highest BCUT2D eigenvalue weighted by atomic mass is 32.2. The van der Waals surface area contributed by atoms with Crippen molar-refractivity contribution in [2.45, 2.75) is 90.5 Å². The standard InChI is InChI=1S/C22H30N2O9.C18H25F3OS/c1-3-4-5-6-7-10-20(25)23-16-21(26)33-18-12-11-17(15-19(18)30-2)22(27)31-13-8-9-14-32-24(28)29;1-4-14(3)17(23-5-2)11-6-7-12-22-16-10-8-9-15(13-16)18(19,20)21/h4-5,11-12,15H,3,6-10,13-14,16H2,1-2H3,(H,23,25);6,8-11,13-14,17H,4-5,7,12H2,1-3H3/b5-4-;11-6+. The van der Waals surface area contributed by atoms with Crippen molar-refractivity contribution < 1.29 is 56.4 Å². The van der Waals surface area contributed by atoms with Gasteiger partial charge in [-0.3, -0.25) is 4.79 Å². The largest absolute Gasteiger partial charge is 0.493 e. The van der Waals surface area contributed by atoms with E-state index in [2.05, 4.69) is 43.1 Å². The maximum absolute atomic E-state index is 12.6. The van der Waals surface area contributed by atoms with E-state index in [-0.39, 0.29) is 48.5 Å². The van der Waals surface area contributed by atoms with Crippen LogP contribution in [0, 0.1) is 16.0 Å². The molecule has 0 aliphatic carbocycles. The second-order valence-electron chi connectivity index (χ2n) is 12.2. The molecule has 0 spiro atoms. The molecule has 2 aromatic rings. The molecule has 2 rings (SSSR count). The molecule has 0 bridgehead atoms. The molecule has 1 amide bonds. The SMILES string of the molecule is CC/C=C\CCCC(=O)NCC(=O)Oc1ccc(C(=O)OCCCCO[N+](=O)[O-])cc1OC.CCSC(/C=C/CCOc1cccc(C(F)(F)F)c1)C(C)CC. The number of halogens is 3. The van der Waals surface area contributed by atoms with Crippen molar-refractivity contribution in [3.8, 4) is 17.2 Å². The van der Waals surface area contributed by atoms with Gasteiger partial charge in [-0.15, -0.1) is 10.1 Å². The molecule has 2 aromatic carbocycles. The van der Waals surface area contributed by atoms with Crippen LogP contribution in [0.1, 0.15) is 95.0 Å². The first-order valence-electron chi connectivity index (χ1n) is 18.6. The fourth-order valence-corrected chi connectivity index (χ4v) is 5.75. The molecule has 0 heterocycles. The summed E-state index contributed by atoms with van der Waals surface area (Å²) in [6, 6.07) is 9.16. The third kappa shape index (κ3) is 22.0. The van der Waals surface area contributed by atoms with Gasteiger partial charge in [0, 0.05) is 11.7 Å². The Labute approximate surface area is 331 Å². The smallest absolute Gasteiger partial charge is 0.416 e. The monoisotopic (exact) mass is 812 g/mol. The van der Waals surface area contributed by atoms with Crippen molar-refractivity contribution in [3.63, 3.8) is 0 Å². The maximum Gasteiger partial charge on any atom is 0.416 e. The highest BCUT2D eigenvalue weighted by Gasteiger charge is 2.30. The van der Waals surface area contributed by atoms with Gasteiger partial charge >= 0.3 is 18.1 Å². The minimum Gasteiger partial charge on any atom is -0.493 e. The van der Waals surface area contributed by atoms with E-state index in [1.807, 2.05) is 30.8 Å². The van der Waals surface area contributed by atoms with Crippen molar-refractivity contribution in [1.29, 1.82) is 0 Å². The third-order valence-electron chi connectivity index (χ3n) is 7.80. The third-order valence-corrected chi connectivity index (χ3v) is 9.14. The number of hydrogen-bond donors (Lipinski definition) is 1. The lowest BCUT2D eigenvalue weighted by atomic mass is 10.0. The van der Waals surface area contributed by atoms with Crippen molar-refractivity contribution in [2.24, 2.45) is 5.92 Å². The van der Waals surface area contributed by atoms with E-state index in [1.165, 1.54) is 31.4 Å². The first-order valence-corrected chi connectivity index (χ1v) is 19.6. The number of rotatable bonds is 25. The number of alkyl halides is 3. The second kappa shape index (κ2) is 28.6. The second-order valence-corrected chi connectivity index (χ2v) is 13.6. The van der Waals surface area contributed by atoms with E-state index in [0.717, 1.165) is 37.1 Å². The molecular formula is C40H55F3N2O10S. The van der Waals surface area contributed by atoms with Crippen LogP contribution in [0.25, 0.3) is 0 Å². The van der Waals surface area contributed by atoms with Crippen LogP contribution in [0.3, 0.4) is 0 Å². The number of methoxy groups -OCH3 is 1. The van der Waals surface area contributed by atoms with Crippen LogP contribution >= 0.6 is 11.8 Å². The van der Waals surface area contributed by atoms with E-state index < -0.39 is 28.8 Å². The molecule has 0 saturated heterocycles. The van der Waals surface area contributed by atoms with Crippen LogP contribution in [-0.2, 0) is 25.3 Å². The number of carbonyl (C=O) groups excluding carboxylic acids is 3. The fourth-order valence-electron chi connectivity index (χ4n) is 4.62. The topological polar surface area (TPSA) is 153 Å². The Hall–Kier alpha value is -4.73. The number of nitrogens with one attached hydrogen (secondary N) is 1. The Morgan fingerprint density at radius 1 is 0.946 bits per heavy atom. The highest BCUT2D eigenvalue weighted by Crippen LogP contribution is 2.31. The molecule has 0 aromatic heterocycles. The summed E-state index contributed by atoms with van der Waals surface area (Å²) in [5.74, 6) is 0.630. The number of unbranched alkanes of at least 4 members (excludes halogenated alkanes) is 2. The Morgan fingerprint density at radius 3 is 2.36 bits per heavy atom. The molecule has 2 unspecified atom stereocenters. The molecule has 0 saturated carbocycles. The lowest BCUT2D eigenvalue weighted by Gasteiger charge is -2.18. The summed E-state index contributed by atoms with van der Waals surface area (Å²) in [6.45, 7) is 8.66. The minimum atomic E-state index is -4.33. The summed E-state index contributed by atoms with van der Waals surface area (Å²) in [5.41, 5.74) is -0.500. The van der Waals surface area contributed by atoms with Crippen LogP contribution in [0.4, 0.5) is 13.2 Å². The molecule has 0 aliphatic heterocycles. The van der Waals surface area contributed by atoms with Gasteiger partial charge < -0.3 is 29.1 Å². The molecule has 0 radical (unpaired) electrons. The number of ether oxygens (including phenoxy) is 4. The molecule has 1 N–H and O–H groups in total. The molecule has 56 heavy (non-hydrogen) atoms. The number of allylic oxidation sites excluding steroid dienone is 2. The summed E-state index contributed by atoms with van der Waals surface area (Å²) < 4.78 is 58.7. The predicted molar refractivity (Wildman–Crippen MR) is 209 cm³/mol. The van der Waals surface area contributed by atoms with Crippen LogP contribution in [0.2, 0.25) is 0 Å². The average molecular weight is 813 g/mol. The predicted octanol–water partition coefficient (Wildman–Crippen LogP) is 9.20. The van der Waals surface area contributed by atoms with E-state index in [4.69, 9.17) is 18.9 Å². The zero-order valence-electron chi connectivity index (χ0n) is 32.8. The van der Waals surface area contributed by atoms with Crippen LogP contribution in [0.5, 0.6) is 17.2 Å². The average Bonchev–Trinajstić information content (AvgIpc) is 3.17. The Bertz CT molecular complexity index is 1540. The molecule has 312 valence electrons. The lowest BCUT2D eigenvalue weighted by molar-refractivity contribution is -0.757. The number of carbonyl (C=O) groups is 3. The Balaban J connectivity index is 0.000000597. The van der Waals surface area contributed by atoms with Gasteiger partial charge in [0.2, 0.25) is 5.91 Å². The maximum atomic E-state index is 12.6. The summed E-state index contributed by atoms with van der Waals surface area (Å²) in [5, 5.41) is 12.2. The number of benzene rings is 2. The highest BCUT2D eigenvalue weighted by molar-refractivity contribution is 8.00. The first kappa shape index (κ1) is 49.3. The lowest BCUT2D eigenvalue weighted by Crippen LogP contribution is -2.31. The van der Waals surface area contributed by atoms with E-state index >= 15 is 0 Å². The molecule has 0 aliphatic rings. The quantitative estimate of drug-likeness (QED) is 0.0255. The van der Waals surface area contributed by atoms with E-state index in [1.54, 1.807) is 6.07 Å². The van der Waals surface area contributed by atoms with Gasteiger partial charge in [0.1, 0.15) is 12.3 Å². The van der Waals surface area contributed by atoms with Gasteiger partial charge in [-0.05, 0) is 86.6 Å². The van der Waals surface area contributed by atoms with Crippen molar-refractivity contribution in [2.75, 3.05) is 39.2 Å². The van der Waals surface area contributed by atoms with Crippen molar-refractivity contribution in [1.82, 2.24) is 5.32 Å². The van der Waals surface area contributed by atoms with Gasteiger partial charge in [-0.2, -0.15) is 24.9 Å². The Morgan fingerprint density at radius 2 is 1.70 bits per heavy atom. The van der Waals surface area contributed by atoms with E-state index in [9.17, 15) is 37.7 Å². The number of hydrogen-bond acceptors (Lipinski definition) is 11. The molecule has 0 fully saturated rings. The van der Waals surface area contributed by atoms with Gasteiger partial charge in [0.15, 0.2) is 11.5 Å². The van der Waals surface area contributed by atoms with Crippen molar-refractivity contribution >= 4 is 29.6 Å². The molecule has 2 atom stereocenters. The zero-order chi connectivity index (χ0) is 41.8. The molecular weight excluding hydrogens is 758 g/mol. The van der Waals surface area contributed by atoms with Gasteiger partial charge in [0.25, 0.3) is 5.09 Å². The van der Waals surface area contributed by atoms with Crippen LogP contribution in [-0.4, -0.2) is 67.4 Å². The minimum absolute atomic E-state index is 0.0630. The molecule has 12 nitrogen and oxygen atoms in total. The van der Waals surface area contributed by atoms with Gasteiger partial charge in [-0.25, -0.2) is 9.59 Å². The number of nitrogens with zero attached hydrogens (tertiary/aromatic N) is 1. The van der Waals surface area contributed by atoms with Gasteiger partial charge in [0.05, 0.1) is 38.1 Å². The fraction of sp³-hybridized carbons (Fsp3) is 0.525. The van der Waals surface area contributed by atoms with Gasteiger partial charge in [-0.1, -0.05) is 64.5 Å². The summed E-state index contributed by atoms with van der Waals surface area (Å²) in [6.07, 6.45) is 9.29. The summed E-state index contributed by atoms with van der Waals surface area (Å²) >= 11 is 1.92. The van der Waals surface area contributed by atoms with Crippen molar-refractivity contribution in [3.05, 3.63) is 88.0 Å². The van der Waals surface area contributed by atoms with Crippen LogP contribution < -0.4 is 19.5 Å². The summed E-state index contributed by atoms with van der Waals surface area (Å²) in [7, 11) is 1.35. The normalized spacial score (nSPS) is 12.3. The van der Waals surface area contributed by atoms with Crippen LogP contribution in [0.15, 0.2) is 66.8 Å². The number of thioether (sulfide) groups is 1. The number of amides is 1. The summed E-state index contributed by atoms with van der Waals surface area (Å²) in [4.78, 5) is 50.2. The van der Waals surface area contributed by atoms with E-state index in [0.29, 0.717) is 49.9 Å². The number of esters is 2.